The van der Waals surface area contributed by atoms with Gasteiger partial charge in [0.25, 0.3) is 0 Å². The van der Waals surface area contributed by atoms with E-state index in [2.05, 4.69) is 6.92 Å². The van der Waals surface area contributed by atoms with Gasteiger partial charge >= 0.3 is 0 Å². The molecule has 86 valence electrons. The van der Waals surface area contributed by atoms with Crippen molar-refractivity contribution in [3.8, 4) is 0 Å². The number of imide groups is 1. The van der Waals surface area contributed by atoms with E-state index in [0.29, 0.717) is 13.0 Å². The molecule has 1 aliphatic heterocycles. The monoisotopic (exact) mass is 229 g/mol. The fourth-order valence-corrected chi connectivity index (χ4v) is 2.41. The Morgan fingerprint density at radius 3 is 2.60 bits per heavy atom. The van der Waals surface area contributed by atoms with E-state index in [1.165, 1.54) is 29.5 Å². The van der Waals surface area contributed by atoms with Crippen molar-refractivity contribution in [3.05, 3.63) is 0 Å². The number of hydrogen-bond donors (Lipinski definition) is 0. The summed E-state index contributed by atoms with van der Waals surface area (Å²) in [6, 6.07) is 0. The van der Waals surface area contributed by atoms with Gasteiger partial charge in [0.15, 0.2) is 0 Å². The van der Waals surface area contributed by atoms with E-state index in [1.807, 2.05) is 6.26 Å². The first-order valence-electron chi connectivity index (χ1n) is 5.57. The van der Waals surface area contributed by atoms with Crippen molar-refractivity contribution >= 4 is 23.6 Å². The first-order valence-corrected chi connectivity index (χ1v) is 6.86. The van der Waals surface area contributed by atoms with Crippen LogP contribution < -0.4 is 0 Å². The van der Waals surface area contributed by atoms with Crippen LogP contribution in [0.4, 0.5) is 0 Å². The molecule has 0 radical (unpaired) electrons. The molecule has 0 saturated carbocycles. The molecule has 0 aliphatic carbocycles. The molecule has 0 bridgehead atoms. The Kier molecular flexibility index (Phi) is 5.15. The highest BCUT2D eigenvalue weighted by Crippen LogP contribution is 2.23. The Hall–Kier alpha value is -0.510. The number of carbonyl (C=O) groups excluding carboxylic acids is 2. The molecule has 1 aliphatic rings. The number of amides is 2. The molecular formula is C11H19NO2S. The molecule has 0 spiro atoms. The minimum Gasteiger partial charge on any atom is -0.282 e. The van der Waals surface area contributed by atoms with Crippen molar-refractivity contribution in [2.75, 3.05) is 12.8 Å². The Bertz CT molecular complexity index is 243. The van der Waals surface area contributed by atoms with Crippen LogP contribution in [0, 0.1) is 0 Å². The van der Waals surface area contributed by atoms with E-state index in [9.17, 15) is 9.59 Å². The summed E-state index contributed by atoms with van der Waals surface area (Å²) < 4.78 is 0. The average Bonchev–Trinajstić information content (AvgIpc) is 2.50. The van der Waals surface area contributed by atoms with Crippen molar-refractivity contribution in [2.24, 2.45) is 0 Å². The third-order valence-electron chi connectivity index (χ3n) is 2.72. The number of nitrogens with zero attached hydrogens (tertiary/aromatic N) is 1. The van der Waals surface area contributed by atoms with Crippen molar-refractivity contribution in [3.63, 3.8) is 0 Å². The topological polar surface area (TPSA) is 37.4 Å². The van der Waals surface area contributed by atoms with Gasteiger partial charge in [0.05, 0.1) is 5.25 Å². The maximum Gasteiger partial charge on any atom is 0.242 e. The lowest BCUT2D eigenvalue weighted by molar-refractivity contribution is -0.138. The van der Waals surface area contributed by atoms with E-state index in [4.69, 9.17) is 0 Å². The molecule has 1 heterocycles. The summed E-state index contributed by atoms with van der Waals surface area (Å²) in [4.78, 5) is 24.6. The molecule has 1 unspecified atom stereocenters. The van der Waals surface area contributed by atoms with Crippen molar-refractivity contribution in [2.45, 2.75) is 44.3 Å². The smallest absolute Gasteiger partial charge is 0.242 e. The fourth-order valence-electron chi connectivity index (χ4n) is 1.77. The van der Waals surface area contributed by atoms with Gasteiger partial charge in [-0.25, -0.2) is 0 Å². The fraction of sp³-hybridized carbons (Fsp3) is 0.818. The van der Waals surface area contributed by atoms with Crippen molar-refractivity contribution in [1.82, 2.24) is 4.90 Å². The van der Waals surface area contributed by atoms with Gasteiger partial charge in [-0.1, -0.05) is 26.2 Å². The molecule has 1 rings (SSSR count). The van der Waals surface area contributed by atoms with Gasteiger partial charge in [-0.15, -0.1) is 0 Å². The third-order valence-corrected chi connectivity index (χ3v) is 3.66. The summed E-state index contributed by atoms with van der Waals surface area (Å²) in [5.41, 5.74) is 0. The van der Waals surface area contributed by atoms with Crippen molar-refractivity contribution < 1.29 is 9.59 Å². The molecule has 0 aromatic heterocycles. The van der Waals surface area contributed by atoms with Crippen molar-refractivity contribution in [1.29, 1.82) is 0 Å². The first kappa shape index (κ1) is 12.6. The van der Waals surface area contributed by atoms with Crippen LogP contribution in [0.5, 0.6) is 0 Å². The van der Waals surface area contributed by atoms with Gasteiger partial charge in [0.2, 0.25) is 11.8 Å². The number of rotatable bonds is 6. The van der Waals surface area contributed by atoms with E-state index in [-0.39, 0.29) is 17.1 Å². The number of unbranched alkanes of at least 4 members (excludes halogenated alkanes) is 3. The zero-order valence-corrected chi connectivity index (χ0v) is 10.3. The number of likely N-dealkylation sites (tertiary alicyclic amines) is 1. The lowest BCUT2D eigenvalue weighted by atomic mass is 10.2. The molecule has 0 aromatic rings. The number of hydrogen-bond acceptors (Lipinski definition) is 3. The van der Waals surface area contributed by atoms with Crippen LogP contribution in [-0.2, 0) is 9.59 Å². The quantitative estimate of drug-likeness (QED) is 0.517. The van der Waals surface area contributed by atoms with E-state index in [0.717, 1.165) is 12.8 Å². The summed E-state index contributed by atoms with van der Waals surface area (Å²) in [6.07, 6.45) is 6.70. The summed E-state index contributed by atoms with van der Waals surface area (Å²) in [5.74, 6) is 0.0276. The average molecular weight is 229 g/mol. The van der Waals surface area contributed by atoms with Gasteiger partial charge in [0, 0.05) is 13.0 Å². The molecular weight excluding hydrogens is 210 g/mol. The van der Waals surface area contributed by atoms with E-state index in [1.54, 1.807) is 0 Å². The van der Waals surface area contributed by atoms with E-state index >= 15 is 0 Å². The van der Waals surface area contributed by atoms with Crippen LogP contribution >= 0.6 is 11.8 Å². The molecule has 15 heavy (non-hydrogen) atoms. The van der Waals surface area contributed by atoms with E-state index < -0.39 is 0 Å². The summed E-state index contributed by atoms with van der Waals surface area (Å²) in [7, 11) is 0. The third kappa shape index (κ3) is 3.23. The van der Waals surface area contributed by atoms with Crippen LogP contribution in [0.1, 0.15) is 39.0 Å². The molecule has 1 saturated heterocycles. The number of thioether (sulfide) groups is 1. The second kappa shape index (κ2) is 6.16. The summed E-state index contributed by atoms with van der Waals surface area (Å²) in [5, 5.41) is -0.122. The largest absolute Gasteiger partial charge is 0.282 e. The zero-order valence-electron chi connectivity index (χ0n) is 9.49. The molecule has 4 heteroatoms. The predicted molar refractivity (Wildman–Crippen MR) is 62.8 cm³/mol. The zero-order chi connectivity index (χ0) is 11.3. The Morgan fingerprint density at radius 2 is 2.07 bits per heavy atom. The Balaban J connectivity index is 2.34. The summed E-state index contributed by atoms with van der Waals surface area (Å²) in [6.45, 7) is 2.77. The van der Waals surface area contributed by atoms with Crippen LogP contribution in [-0.4, -0.2) is 34.8 Å². The van der Waals surface area contributed by atoms with Gasteiger partial charge < -0.3 is 0 Å². The Labute approximate surface area is 95.6 Å². The lowest BCUT2D eigenvalue weighted by Crippen LogP contribution is -2.32. The molecule has 0 N–H and O–H groups in total. The molecule has 3 nitrogen and oxygen atoms in total. The van der Waals surface area contributed by atoms with Crippen LogP contribution in [0.3, 0.4) is 0 Å². The van der Waals surface area contributed by atoms with Gasteiger partial charge in [0.1, 0.15) is 0 Å². The molecule has 2 amide bonds. The molecule has 1 fully saturated rings. The number of carbonyl (C=O) groups is 2. The highest BCUT2D eigenvalue weighted by Gasteiger charge is 2.37. The second-order valence-electron chi connectivity index (χ2n) is 3.87. The first-order chi connectivity index (χ1) is 7.20. The van der Waals surface area contributed by atoms with Crippen LogP contribution in [0.15, 0.2) is 0 Å². The highest BCUT2D eigenvalue weighted by molar-refractivity contribution is 8.00. The van der Waals surface area contributed by atoms with Crippen LogP contribution in [0.25, 0.3) is 0 Å². The van der Waals surface area contributed by atoms with Crippen LogP contribution in [0.2, 0.25) is 0 Å². The maximum absolute atomic E-state index is 11.7. The maximum atomic E-state index is 11.7. The summed E-state index contributed by atoms with van der Waals surface area (Å²) >= 11 is 1.48. The van der Waals surface area contributed by atoms with Gasteiger partial charge in [-0.2, -0.15) is 11.8 Å². The SMILES string of the molecule is CCCCCCN1C(=O)CC(SC)C1=O. The standard InChI is InChI=1S/C11H19NO2S/c1-3-4-5-6-7-12-10(13)8-9(15-2)11(12)14/h9H,3-8H2,1-2H3. The minimum atomic E-state index is -0.122. The highest BCUT2D eigenvalue weighted by atomic mass is 32.2. The predicted octanol–water partition coefficient (Wildman–Crippen LogP) is 2.06. The molecule has 1 atom stereocenters. The van der Waals surface area contributed by atoms with Gasteiger partial charge in [-0.3, -0.25) is 14.5 Å². The normalized spacial score (nSPS) is 21.5. The van der Waals surface area contributed by atoms with Gasteiger partial charge in [-0.05, 0) is 12.7 Å². The molecule has 0 aromatic carbocycles. The second-order valence-corrected chi connectivity index (χ2v) is 4.91. The lowest BCUT2D eigenvalue weighted by Gasteiger charge is -2.13. The minimum absolute atomic E-state index is 0.0100. The Morgan fingerprint density at radius 1 is 1.33 bits per heavy atom.